The van der Waals surface area contributed by atoms with Crippen molar-refractivity contribution >= 4 is 17.8 Å². The molecule has 9 heteroatoms. The van der Waals surface area contributed by atoms with Crippen LogP contribution in [-0.4, -0.2) is 77.1 Å². The maximum atomic E-state index is 14.1. The molecular weight excluding hydrogens is 506 g/mol. The van der Waals surface area contributed by atoms with Crippen LogP contribution in [0, 0.1) is 0 Å². The molecule has 3 aromatic rings. The maximum Gasteiger partial charge on any atom is 0.334 e. The standard InChI is InChI=1S/C31H35N5O4/c1-22(25-12-8-5-9-13-25)34-20-28-35(27(30(34)38)18-23-10-6-4-7-11-23)29(37)21-33(2)36(28)31(39)32-19-24-14-16-26(40-3)17-15-24/h4-17,22,27-28H,18-21H2,1-3H3,(H,32,39)/t22-,27-,28-/m0/s1. The summed E-state index contributed by atoms with van der Waals surface area (Å²) in [5.41, 5.74) is 2.87. The normalized spacial score (nSPS) is 20.2. The summed E-state index contributed by atoms with van der Waals surface area (Å²) in [6, 6.07) is 25.7. The number of hydrazine groups is 1. The highest BCUT2D eigenvalue weighted by molar-refractivity contribution is 5.92. The van der Waals surface area contributed by atoms with Crippen LogP contribution in [0.1, 0.15) is 29.7 Å². The number of carbonyl (C=O) groups is 3. The number of likely N-dealkylation sites (N-methyl/N-ethyl adjacent to an activating group) is 1. The van der Waals surface area contributed by atoms with E-state index in [2.05, 4.69) is 5.32 Å². The number of fused-ring (bicyclic) bond motifs is 1. The highest BCUT2D eigenvalue weighted by Crippen LogP contribution is 2.32. The zero-order valence-corrected chi connectivity index (χ0v) is 23.1. The van der Waals surface area contributed by atoms with E-state index in [-0.39, 0.29) is 37.0 Å². The molecule has 40 heavy (non-hydrogen) atoms. The summed E-state index contributed by atoms with van der Waals surface area (Å²) in [6.07, 6.45) is -0.287. The third kappa shape index (κ3) is 5.51. The fourth-order valence-electron chi connectivity index (χ4n) is 5.56. The first-order chi connectivity index (χ1) is 19.4. The minimum absolute atomic E-state index is 0.000730. The van der Waals surface area contributed by atoms with Crippen LogP contribution >= 0.6 is 0 Å². The van der Waals surface area contributed by atoms with Gasteiger partial charge in [0.15, 0.2) is 0 Å². The molecule has 4 amide bonds. The molecule has 0 aromatic heterocycles. The van der Waals surface area contributed by atoms with Gasteiger partial charge in [0, 0.05) is 20.0 Å². The van der Waals surface area contributed by atoms with Gasteiger partial charge in [-0.2, -0.15) is 0 Å². The van der Waals surface area contributed by atoms with E-state index in [0.717, 1.165) is 22.4 Å². The number of hydrogen-bond donors (Lipinski definition) is 1. The van der Waals surface area contributed by atoms with Gasteiger partial charge in [0.1, 0.15) is 18.0 Å². The zero-order valence-electron chi connectivity index (χ0n) is 23.1. The molecule has 2 aliphatic rings. The van der Waals surface area contributed by atoms with Crippen molar-refractivity contribution in [3.05, 3.63) is 102 Å². The van der Waals surface area contributed by atoms with Gasteiger partial charge in [-0.15, -0.1) is 0 Å². The summed E-state index contributed by atoms with van der Waals surface area (Å²) in [4.78, 5) is 44.6. The topological polar surface area (TPSA) is 85.4 Å². The second kappa shape index (κ2) is 11.8. The molecule has 3 atom stereocenters. The smallest absolute Gasteiger partial charge is 0.334 e. The van der Waals surface area contributed by atoms with E-state index >= 15 is 0 Å². The van der Waals surface area contributed by atoms with Gasteiger partial charge in [-0.25, -0.2) is 14.8 Å². The lowest BCUT2D eigenvalue weighted by atomic mass is 9.96. The van der Waals surface area contributed by atoms with Crippen LogP contribution in [0.2, 0.25) is 0 Å². The number of ether oxygens (including phenoxy) is 1. The Hall–Kier alpha value is -4.37. The molecular formula is C31H35N5O4. The minimum atomic E-state index is -0.731. The van der Waals surface area contributed by atoms with Crippen LogP contribution < -0.4 is 10.1 Å². The highest BCUT2D eigenvalue weighted by Gasteiger charge is 2.51. The molecule has 1 N–H and O–H groups in total. The lowest BCUT2D eigenvalue weighted by molar-refractivity contribution is -0.189. The first-order valence-corrected chi connectivity index (χ1v) is 13.5. The molecule has 3 aromatic carbocycles. The van der Waals surface area contributed by atoms with Gasteiger partial charge in [0.2, 0.25) is 11.8 Å². The molecule has 0 spiro atoms. The fraction of sp³-hybridized carbons (Fsp3) is 0.323. The van der Waals surface area contributed by atoms with Gasteiger partial charge in [0.25, 0.3) is 0 Å². The van der Waals surface area contributed by atoms with Crippen molar-refractivity contribution in [2.45, 2.75) is 38.1 Å². The predicted molar refractivity (Wildman–Crippen MR) is 151 cm³/mol. The number of piperazine rings is 1. The summed E-state index contributed by atoms with van der Waals surface area (Å²) < 4.78 is 5.22. The third-order valence-corrected chi connectivity index (χ3v) is 7.72. The zero-order chi connectivity index (χ0) is 28.2. The molecule has 208 valence electrons. The van der Waals surface area contributed by atoms with Crippen molar-refractivity contribution in [2.24, 2.45) is 0 Å². The van der Waals surface area contributed by atoms with Crippen LogP contribution in [0.25, 0.3) is 0 Å². The van der Waals surface area contributed by atoms with Crippen molar-refractivity contribution < 1.29 is 19.1 Å². The van der Waals surface area contributed by atoms with Gasteiger partial charge < -0.3 is 19.9 Å². The molecule has 0 bridgehead atoms. The number of hydrogen-bond acceptors (Lipinski definition) is 5. The van der Waals surface area contributed by atoms with Gasteiger partial charge >= 0.3 is 6.03 Å². The van der Waals surface area contributed by atoms with Crippen LogP contribution in [0.5, 0.6) is 5.75 Å². The lowest BCUT2D eigenvalue weighted by Gasteiger charge is -2.55. The first-order valence-electron chi connectivity index (χ1n) is 13.5. The van der Waals surface area contributed by atoms with E-state index in [1.165, 1.54) is 0 Å². The van der Waals surface area contributed by atoms with E-state index in [1.807, 2.05) is 91.9 Å². The van der Waals surface area contributed by atoms with Crippen LogP contribution in [0.15, 0.2) is 84.9 Å². The monoisotopic (exact) mass is 541 g/mol. The molecule has 0 saturated carbocycles. The molecule has 0 aliphatic carbocycles. The van der Waals surface area contributed by atoms with Crippen molar-refractivity contribution in [2.75, 3.05) is 27.2 Å². The predicted octanol–water partition coefficient (Wildman–Crippen LogP) is 3.44. The quantitative estimate of drug-likeness (QED) is 0.496. The van der Waals surface area contributed by atoms with Crippen molar-refractivity contribution in [3.63, 3.8) is 0 Å². The fourth-order valence-corrected chi connectivity index (χ4v) is 5.56. The van der Waals surface area contributed by atoms with E-state index in [0.29, 0.717) is 13.0 Å². The molecule has 0 unspecified atom stereocenters. The molecule has 0 radical (unpaired) electrons. The number of urea groups is 1. The summed E-state index contributed by atoms with van der Waals surface area (Å²) in [7, 11) is 3.34. The molecule has 2 heterocycles. The van der Waals surface area contributed by atoms with Gasteiger partial charge in [-0.1, -0.05) is 72.8 Å². The number of methoxy groups -OCH3 is 1. The molecule has 2 fully saturated rings. The molecule has 2 saturated heterocycles. The Balaban J connectivity index is 1.45. The second-order valence-electron chi connectivity index (χ2n) is 10.2. The summed E-state index contributed by atoms with van der Waals surface area (Å²) >= 11 is 0. The van der Waals surface area contributed by atoms with Gasteiger partial charge in [-0.3, -0.25) is 9.59 Å². The third-order valence-electron chi connectivity index (χ3n) is 7.72. The van der Waals surface area contributed by atoms with Crippen LogP contribution in [-0.2, 0) is 22.6 Å². The number of rotatable bonds is 7. The van der Waals surface area contributed by atoms with E-state index in [4.69, 9.17) is 4.74 Å². The van der Waals surface area contributed by atoms with Crippen LogP contribution in [0.3, 0.4) is 0 Å². The Bertz CT molecular complexity index is 1330. The largest absolute Gasteiger partial charge is 0.497 e. The minimum Gasteiger partial charge on any atom is -0.497 e. The molecule has 9 nitrogen and oxygen atoms in total. The number of nitrogens with zero attached hydrogens (tertiary/aromatic N) is 4. The average Bonchev–Trinajstić information content (AvgIpc) is 2.98. The van der Waals surface area contributed by atoms with Crippen molar-refractivity contribution in [1.29, 1.82) is 0 Å². The lowest BCUT2D eigenvalue weighted by Crippen LogP contribution is -2.76. The average molecular weight is 542 g/mol. The highest BCUT2D eigenvalue weighted by atomic mass is 16.5. The number of amides is 4. The Kier molecular flexibility index (Phi) is 8.02. The molecule has 2 aliphatic heterocycles. The SMILES string of the molecule is COc1ccc(CNC(=O)N2[C@H]3CN([C@@H](C)c4ccccc4)C(=O)[C@H](Cc4ccccc4)N3C(=O)CN2C)cc1. The maximum absolute atomic E-state index is 14.1. The number of carbonyl (C=O) groups excluding carboxylic acids is 3. The Morgan fingerprint density at radius 3 is 2.25 bits per heavy atom. The number of benzene rings is 3. The van der Waals surface area contributed by atoms with Crippen molar-refractivity contribution in [3.8, 4) is 5.75 Å². The van der Waals surface area contributed by atoms with E-state index in [9.17, 15) is 14.4 Å². The molecule has 5 rings (SSSR count). The van der Waals surface area contributed by atoms with E-state index < -0.39 is 12.2 Å². The summed E-state index contributed by atoms with van der Waals surface area (Å²) in [5, 5.41) is 6.23. The Labute approximate surface area is 234 Å². The van der Waals surface area contributed by atoms with Gasteiger partial charge in [-0.05, 0) is 35.7 Å². The Morgan fingerprint density at radius 1 is 0.950 bits per heavy atom. The van der Waals surface area contributed by atoms with Crippen LogP contribution in [0.4, 0.5) is 4.79 Å². The first kappa shape index (κ1) is 27.2. The second-order valence-corrected chi connectivity index (χ2v) is 10.2. The summed E-state index contributed by atoms with van der Waals surface area (Å²) in [6.45, 7) is 2.50. The Morgan fingerprint density at radius 2 is 1.60 bits per heavy atom. The number of nitrogens with one attached hydrogen (secondary N) is 1. The summed E-state index contributed by atoms with van der Waals surface area (Å²) in [5.74, 6) is 0.449. The van der Waals surface area contributed by atoms with E-state index in [1.54, 1.807) is 34.0 Å². The van der Waals surface area contributed by atoms with Crippen molar-refractivity contribution in [1.82, 2.24) is 25.1 Å². The van der Waals surface area contributed by atoms with Gasteiger partial charge in [0.05, 0.1) is 26.2 Å².